The van der Waals surface area contributed by atoms with Gasteiger partial charge in [-0.1, -0.05) is 23.8 Å². The number of amides is 2. The van der Waals surface area contributed by atoms with Gasteiger partial charge in [0, 0.05) is 19.8 Å². The summed E-state index contributed by atoms with van der Waals surface area (Å²) >= 11 is 6.15. The topological polar surface area (TPSA) is 86.7 Å². The van der Waals surface area contributed by atoms with Crippen molar-refractivity contribution in [2.75, 3.05) is 19.4 Å². The number of carboxylic acid groups (broad SMARTS) is 1. The zero-order chi connectivity index (χ0) is 18.3. The number of aliphatic carboxylic acids is 1. The highest BCUT2D eigenvalue weighted by Gasteiger charge is 2.51. The maximum Gasteiger partial charge on any atom is 0.307 e. The molecule has 2 aliphatic carbocycles. The number of carbonyl (C=O) groups excluding carboxylic acids is 2. The summed E-state index contributed by atoms with van der Waals surface area (Å²) in [5.41, 5.74) is 0.789. The summed E-state index contributed by atoms with van der Waals surface area (Å²) in [4.78, 5) is 37.6. The highest BCUT2D eigenvalue weighted by atomic mass is 35.5. The molecule has 2 amide bonds. The Hall–Kier alpha value is -2.34. The minimum Gasteiger partial charge on any atom is -0.481 e. The van der Waals surface area contributed by atoms with Crippen molar-refractivity contribution in [1.29, 1.82) is 0 Å². The lowest BCUT2D eigenvalue weighted by Crippen LogP contribution is -2.36. The largest absolute Gasteiger partial charge is 0.481 e. The molecule has 0 aliphatic heterocycles. The standard InChI is InChI=1S/C18H19ClN2O4/c1-21(2)17(23)12-6-5-11(8-13(12)19)20-16(22)14-9-3-4-10(7-9)15(14)18(24)25/h3-6,8-10,14-15H,7H2,1-2H3,(H,20,22)(H,24,25)/t9-,10-,14+,15+/m0/s1. The third kappa shape index (κ3) is 3.14. The van der Waals surface area contributed by atoms with Gasteiger partial charge in [-0.2, -0.15) is 0 Å². The van der Waals surface area contributed by atoms with Gasteiger partial charge in [-0.05, 0) is 36.5 Å². The van der Waals surface area contributed by atoms with Crippen LogP contribution >= 0.6 is 11.6 Å². The van der Waals surface area contributed by atoms with Gasteiger partial charge in [0.25, 0.3) is 5.91 Å². The van der Waals surface area contributed by atoms with Gasteiger partial charge in [0.05, 0.1) is 22.4 Å². The molecule has 2 aliphatic rings. The quantitative estimate of drug-likeness (QED) is 0.806. The van der Waals surface area contributed by atoms with Gasteiger partial charge in [-0.25, -0.2) is 0 Å². The van der Waals surface area contributed by atoms with E-state index in [0.717, 1.165) is 0 Å². The maximum absolute atomic E-state index is 12.6. The van der Waals surface area contributed by atoms with Crippen molar-refractivity contribution in [3.8, 4) is 0 Å². The first-order chi connectivity index (χ1) is 11.8. The van der Waals surface area contributed by atoms with Crippen molar-refractivity contribution in [2.45, 2.75) is 6.42 Å². The lowest BCUT2D eigenvalue weighted by Gasteiger charge is -2.24. The highest BCUT2D eigenvalue weighted by molar-refractivity contribution is 6.34. The van der Waals surface area contributed by atoms with E-state index in [1.54, 1.807) is 26.2 Å². The molecule has 7 heteroatoms. The Morgan fingerprint density at radius 3 is 2.36 bits per heavy atom. The lowest BCUT2D eigenvalue weighted by atomic mass is 9.82. The second kappa shape index (κ2) is 6.52. The first-order valence-electron chi connectivity index (χ1n) is 8.02. The van der Waals surface area contributed by atoms with Crippen LogP contribution in [0.5, 0.6) is 0 Å². The van der Waals surface area contributed by atoms with Crippen LogP contribution in [-0.4, -0.2) is 41.9 Å². The Kier molecular flexibility index (Phi) is 4.56. The molecule has 1 aromatic rings. The molecule has 2 N–H and O–H groups in total. The number of carboxylic acids is 1. The SMILES string of the molecule is CN(C)C(=O)c1ccc(NC(=O)[C@H]2[C@H](C(=O)O)[C@H]3C=C[C@H]2C3)cc1Cl. The van der Waals surface area contributed by atoms with Crippen LogP contribution in [0.25, 0.3) is 0 Å². The number of nitrogens with one attached hydrogen (secondary N) is 1. The summed E-state index contributed by atoms with van der Waals surface area (Å²) < 4.78 is 0. The average Bonchev–Trinajstić information content (AvgIpc) is 3.15. The van der Waals surface area contributed by atoms with Crippen LogP contribution in [0, 0.1) is 23.7 Å². The summed E-state index contributed by atoms with van der Waals surface area (Å²) in [5.74, 6) is -2.91. The molecule has 0 unspecified atom stereocenters. The molecular formula is C18H19ClN2O4. The Morgan fingerprint density at radius 1 is 1.16 bits per heavy atom. The zero-order valence-corrected chi connectivity index (χ0v) is 14.7. The predicted octanol–water partition coefficient (Wildman–Crippen LogP) is 2.50. The van der Waals surface area contributed by atoms with E-state index in [9.17, 15) is 19.5 Å². The second-order valence-electron chi connectivity index (χ2n) is 6.72. The number of rotatable bonds is 4. The number of halogens is 1. The fourth-order valence-corrected chi connectivity index (χ4v) is 4.01. The van der Waals surface area contributed by atoms with E-state index >= 15 is 0 Å². The van der Waals surface area contributed by atoms with E-state index in [0.29, 0.717) is 17.7 Å². The highest BCUT2D eigenvalue weighted by Crippen LogP contribution is 2.48. The molecule has 25 heavy (non-hydrogen) atoms. The van der Waals surface area contributed by atoms with Crippen LogP contribution < -0.4 is 5.32 Å². The van der Waals surface area contributed by atoms with Gasteiger partial charge in [-0.3, -0.25) is 14.4 Å². The van der Waals surface area contributed by atoms with Crippen LogP contribution in [0.1, 0.15) is 16.8 Å². The first-order valence-corrected chi connectivity index (χ1v) is 8.40. The first kappa shape index (κ1) is 17.5. The van der Waals surface area contributed by atoms with E-state index < -0.39 is 17.8 Å². The number of allylic oxidation sites excluding steroid dienone is 2. The molecule has 0 radical (unpaired) electrons. The summed E-state index contributed by atoms with van der Waals surface area (Å²) in [5, 5.41) is 12.4. The minimum absolute atomic E-state index is 0.0452. The molecule has 0 spiro atoms. The van der Waals surface area contributed by atoms with Gasteiger partial charge in [0.2, 0.25) is 5.91 Å². The van der Waals surface area contributed by atoms with Crippen LogP contribution in [-0.2, 0) is 9.59 Å². The summed E-state index contributed by atoms with van der Waals surface area (Å²) in [6, 6.07) is 4.66. The van der Waals surface area contributed by atoms with Crippen LogP contribution in [0.3, 0.4) is 0 Å². The third-order valence-electron chi connectivity index (χ3n) is 4.92. The normalized spacial score (nSPS) is 26.5. The lowest BCUT2D eigenvalue weighted by molar-refractivity contribution is -0.146. The minimum atomic E-state index is -0.943. The third-order valence-corrected chi connectivity index (χ3v) is 5.23. The molecule has 1 saturated carbocycles. The van der Waals surface area contributed by atoms with Crippen molar-refractivity contribution in [3.63, 3.8) is 0 Å². The van der Waals surface area contributed by atoms with E-state index in [4.69, 9.17) is 11.6 Å². The number of nitrogens with zero attached hydrogens (tertiary/aromatic N) is 1. The number of anilines is 1. The van der Waals surface area contributed by atoms with Gasteiger partial charge in [-0.15, -0.1) is 0 Å². The summed E-state index contributed by atoms with van der Waals surface area (Å²) in [6.07, 6.45) is 4.53. The van der Waals surface area contributed by atoms with E-state index in [1.807, 2.05) is 12.2 Å². The summed E-state index contributed by atoms with van der Waals surface area (Å²) in [7, 11) is 3.26. The van der Waals surface area contributed by atoms with Crippen molar-refractivity contribution in [1.82, 2.24) is 4.90 Å². The number of hydrogen-bond acceptors (Lipinski definition) is 3. The molecule has 0 saturated heterocycles. The van der Waals surface area contributed by atoms with Gasteiger partial charge < -0.3 is 15.3 Å². The van der Waals surface area contributed by atoms with E-state index in [1.165, 1.54) is 11.0 Å². The van der Waals surface area contributed by atoms with Crippen molar-refractivity contribution in [3.05, 3.63) is 40.9 Å². The molecule has 6 nitrogen and oxygen atoms in total. The zero-order valence-electron chi connectivity index (χ0n) is 13.9. The predicted molar refractivity (Wildman–Crippen MR) is 93.5 cm³/mol. The molecule has 4 atom stereocenters. The summed E-state index contributed by atoms with van der Waals surface area (Å²) in [6.45, 7) is 0. The van der Waals surface area contributed by atoms with E-state index in [-0.39, 0.29) is 28.7 Å². The molecule has 132 valence electrons. The van der Waals surface area contributed by atoms with Crippen LogP contribution in [0.15, 0.2) is 30.4 Å². The molecule has 0 aromatic heterocycles. The molecular weight excluding hydrogens is 344 g/mol. The number of fused-ring (bicyclic) bond motifs is 2. The molecule has 1 fully saturated rings. The molecule has 0 heterocycles. The number of hydrogen-bond donors (Lipinski definition) is 2. The van der Waals surface area contributed by atoms with Crippen molar-refractivity contribution < 1.29 is 19.5 Å². The maximum atomic E-state index is 12.6. The van der Waals surface area contributed by atoms with Crippen LogP contribution in [0.2, 0.25) is 5.02 Å². The monoisotopic (exact) mass is 362 g/mol. The second-order valence-corrected chi connectivity index (χ2v) is 7.13. The van der Waals surface area contributed by atoms with E-state index in [2.05, 4.69) is 5.32 Å². The Labute approximate surface area is 150 Å². The van der Waals surface area contributed by atoms with Crippen molar-refractivity contribution in [2.24, 2.45) is 23.7 Å². The van der Waals surface area contributed by atoms with Gasteiger partial charge in [0.1, 0.15) is 0 Å². The Balaban J connectivity index is 1.77. The molecule has 1 aromatic carbocycles. The smallest absolute Gasteiger partial charge is 0.307 e. The van der Waals surface area contributed by atoms with Gasteiger partial charge >= 0.3 is 5.97 Å². The van der Waals surface area contributed by atoms with Crippen LogP contribution in [0.4, 0.5) is 5.69 Å². The average molecular weight is 363 g/mol. The molecule has 2 bridgehead atoms. The fourth-order valence-electron chi connectivity index (χ4n) is 3.75. The number of carbonyl (C=O) groups is 3. The Bertz CT molecular complexity index is 774. The molecule has 3 rings (SSSR count). The Morgan fingerprint density at radius 2 is 1.80 bits per heavy atom. The van der Waals surface area contributed by atoms with Crippen molar-refractivity contribution >= 4 is 35.1 Å². The number of benzene rings is 1. The van der Waals surface area contributed by atoms with Gasteiger partial charge in [0.15, 0.2) is 0 Å². The fraction of sp³-hybridized carbons (Fsp3) is 0.389.